The summed E-state index contributed by atoms with van der Waals surface area (Å²) in [6, 6.07) is 4.18. The van der Waals surface area contributed by atoms with Crippen molar-refractivity contribution >= 4 is 0 Å². The number of likely N-dealkylation sites (tertiary alicyclic amines) is 1. The summed E-state index contributed by atoms with van der Waals surface area (Å²) in [5.41, 5.74) is 3.23. The second-order valence-corrected chi connectivity index (χ2v) is 5.29. The summed E-state index contributed by atoms with van der Waals surface area (Å²) in [5, 5.41) is 9.77. The fourth-order valence-corrected chi connectivity index (χ4v) is 2.70. The second kappa shape index (κ2) is 5.72. The number of ether oxygens (including phenoxy) is 1. The number of nitrogens with zero attached hydrogens (tertiary/aromatic N) is 1. The Morgan fingerprint density at radius 2 is 1.78 bits per heavy atom. The fourth-order valence-electron chi connectivity index (χ4n) is 2.70. The molecule has 0 aromatic heterocycles. The van der Waals surface area contributed by atoms with E-state index >= 15 is 0 Å². The molecule has 1 heterocycles. The van der Waals surface area contributed by atoms with Crippen LogP contribution in [0.1, 0.15) is 29.5 Å². The zero-order valence-corrected chi connectivity index (χ0v) is 11.6. The lowest BCUT2D eigenvalue weighted by Gasteiger charge is -2.31. The molecule has 18 heavy (non-hydrogen) atoms. The van der Waals surface area contributed by atoms with E-state index in [2.05, 4.69) is 17.0 Å². The number of piperidine rings is 1. The number of hydrogen-bond donors (Lipinski definition) is 1. The molecule has 3 heteroatoms. The van der Waals surface area contributed by atoms with E-state index in [9.17, 15) is 5.11 Å². The molecule has 0 amide bonds. The lowest BCUT2D eigenvalue weighted by Crippen LogP contribution is -2.36. The molecule has 0 spiro atoms. The third kappa shape index (κ3) is 3.03. The van der Waals surface area contributed by atoms with Crippen molar-refractivity contribution in [2.24, 2.45) is 0 Å². The van der Waals surface area contributed by atoms with E-state index in [0.717, 1.165) is 43.6 Å². The summed E-state index contributed by atoms with van der Waals surface area (Å²) in [6.07, 6.45) is 2.67. The van der Waals surface area contributed by atoms with Crippen LogP contribution in [0, 0.1) is 13.8 Å². The van der Waals surface area contributed by atoms with Gasteiger partial charge in [0.15, 0.2) is 0 Å². The summed E-state index contributed by atoms with van der Waals surface area (Å²) in [7, 11) is 1.80. The first-order valence-electron chi connectivity index (χ1n) is 6.64. The lowest BCUT2D eigenvalue weighted by atomic mass is 10.0. The average Bonchev–Trinajstić information content (AvgIpc) is 2.37. The molecule has 0 aliphatic carbocycles. The Hall–Kier alpha value is -1.06. The lowest BCUT2D eigenvalue weighted by molar-refractivity contribution is 0.0388. The largest absolute Gasteiger partial charge is 0.507 e. The summed E-state index contributed by atoms with van der Waals surface area (Å²) in [6.45, 7) is 7.08. The van der Waals surface area contributed by atoms with Crippen LogP contribution < -0.4 is 0 Å². The SMILES string of the molecule is COC1CCN(Cc2cc(C)c(O)c(C)c2)CC1. The monoisotopic (exact) mass is 249 g/mol. The van der Waals surface area contributed by atoms with Crippen LogP contribution >= 0.6 is 0 Å². The van der Waals surface area contributed by atoms with Crippen LogP contribution in [-0.4, -0.2) is 36.3 Å². The van der Waals surface area contributed by atoms with Gasteiger partial charge in [-0.3, -0.25) is 4.90 Å². The van der Waals surface area contributed by atoms with Crippen molar-refractivity contribution in [2.45, 2.75) is 39.3 Å². The normalized spacial score (nSPS) is 18.2. The van der Waals surface area contributed by atoms with Crippen molar-refractivity contribution in [3.63, 3.8) is 0 Å². The van der Waals surface area contributed by atoms with E-state index in [1.165, 1.54) is 5.56 Å². The van der Waals surface area contributed by atoms with Crippen LogP contribution in [0.5, 0.6) is 5.75 Å². The van der Waals surface area contributed by atoms with Gasteiger partial charge in [0.2, 0.25) is 0 Å². The van der Waals surface area contributed by atoms with Gasteiger partial charge in [0, 0.05) is 26.7 Å². The maximum absolute atomic E-state index is 9.77. The van der Waals surface area contributed by atoms with Gasteiger partial charge in [-0.25, -0.2) is 0 Å². The molecular formula is C15H23NO2. The molecule has 0 atom stereocenters. The third-order valence-electron chi connectivity index (χ3n) is 3.82. The third-order valence-corrected chi connectivity index (χ3v) is 3.82. The van der Waals surface area contributed by atoms with Gasteiger partial charge in [-0.2, -0.15) is 0 Å². The molecule has 0 unspecified atom stereocenters. The van der Waals surface area contributed by atoms with E-state index < -0.39 is 0 Å². The fraction of sp³-hybridized carbons (Fsp3) is 0.600. The predicted octanol–water partition coefficient (Wildman–Crippen LogP) is 2.62. The highest BCUT2D eigenvalue weighted by Gasteiger charge is 2.18. The first-order valence-corrected chi connectivity index (χ1v) is 6.64. The Kier molecular flexibility index (Phi) is 4.25. The van der Waals surface area contributed by atoms with Crippen molar-refractivity contribution in [3.05, 3.63) is 28.8 Å². The highest BCUT2D eigenvalue weighted by molar-refractivity contribution is 5.42. The van der Waals surface area contributed by atoms with Crippen molar-refractivity contribution in [1.82, 2.24) is 4.90 Å². The van der Waals surface area contributed by atoms with Gasteiger partial charge in [0.05, 0.1) is 6.10 Å². The minimum absolute atomic E-state index is 0.428. The van der Waals surface area contributed by atoms with E-state index in [1.807, 2.05) is 13.8 Å². The van der Waals surface area contributed by atoms with E-state index in [-0.39, 0.29) is 0 Å². The smallest absolute Gasteiger partial charge is 0.121 e. The molecule has 100 valence electrons. The standard InChI is InChI=1S/C15H23NO2/c1-11-8-13(9-12(2)15(11)17)10-16-6-4-14(18-3)5-7-16/h8-9,14,17H,4-7,10H2,1-3H3. The number of phenols is 1. The van der Waals surface area contributed by atoms with Crippen LogP contribution in [0.3, 0.4) is 0 Å². The van der Waals surface area contributed by atoms with Gasteiger partial charge >= 0.3 is 0 Å². The highest BCUT2D eigenvalue weighted by atomic mass is 16.5. The minimum atomic E-state index is 0.428. The molecule has 2 rings (SSSR count). The number of hydrogen-bond acceptors (Lipinski definition) is 3. The van der Waals surface area contributed by atoms with Gasteiger partial charge < -0.3 is 9.84 Å². The quantitative estimate of drug-likeness (QED) is 0.894. The first kappa shape index (κ1) is 13.4. The number of benzene rings is 1. The summed E-state index contributed by atoms with van der Waals surface area (Å²) in [4.78, 5) is 2.46. The molecule has 1 aliphatic rings. The molecule has 1 aromatic rings. The zero-order valence-electron chi connectivity index (χ0n) is 11.6. The molecule has 0 bridgehead atoms. The average molecular weight is 249 g/mol. The van der Waals surface area contributed by atoms with Crippen LogP contribution in [0.4, 0.5) is 0 Å². The summed E-state index contributed by atoms with van der Waals surface area (Å²) in [5.74, 6) is 0.428. The van der Waals surface area contributed by atoms with Crippen molar-refractivity contribution in [2.75, 3.05) is 20.2 Å². The van der Waals surface area contributed by atoms with Crippen molar-refractivity contribution < 1.29 is 9.84 Å². The predicted molar refractivity (Wildman–Crippen MR) is 72.9 cm³/mol. The summed E-state index contributed by atoms with van der Waals surface area (Å²) < 4.78 is 5.38. The Bertz CT molecular complexity index is 386. The maximum atomic E-state index is 9.77. The van der Waals surface area contributed by atoms with Gasteiger partial charge in [-0.15, -0.1) is 0 Å². The Balaban J connectivity index is 1.98. The minimum Gasteiger partial charge on any atom is -0.507 e. The van der Waals surface area contributed by atoms with Gasteiger partial charge in [-0.1, -0.05) is 12.1 Å². The Morgan fingerprint density at radius 3 is 2.28 bits per heavy atom. The van der Waals surface area contributed by atoms with Gasteiger partial charge in [0.1, 0.15) is 5.75 Å². The summed E-state index contributed by atoms with van der Waals surface area (Å²) >= 11 is 0. The molecule has 0 saturated carbocycles. The molecule has 1 fully saturated rings. The maximum Gasteiger partial charge on any atom is 0.121 e. The van der Waals surface area contributed by atoms with E-state index in [0.29, 0.717) is 11.9 Å². The van der Waals surface area contributed by atoms with E-state index in [4.69, 9.17) is 4.74 Å². The number of aryl methyl sites for hydroxylation is 2. The van der Waals surface area contributed by atoms with Crippen molar-refractivity contribution in [1.29, 1.82) is 0 Å². The number of aromatic hydroxyl groups is 1. The highest BCUT2D eigenvalue weighted by Crippen LogP contribution is 2.24. The van der Waals surface area contributed by atoms with Crippen LogP contribution in [0.15, 0.2) is 12.1 Å². The molecule has 3 nitrogen and oxygen atoms in total. The molecule has 1 N–H and O–H groups in total. The zero-order chi connectivity index (χ0) is 13.1. The van der Waals surface area contributed by atoms with Crippen LogP contribution in [0.25, 0.3) is 0 Å². The molecule has 1 saturated heterocycles. The number of phenolic OH excluding ortho intramolecular Hbond substituents is 1. The molecule has 1 aromatic carbocycles. The topological polar surface area (TPSA) is 32.7 Å². The molecular weight excluding hydrogens is 226 g/mol. The second-order valence-electron chi connectivity index (χ2n) is 5.29. The van der Waals surface area contributed by atoms with Crippen LogP contribution in [0.2, 0.25) is 0 Å². The number of rotatable bonds is 3. The first-order chi connectivity index (χ1) is 8.60. The van der Waals surface area contributed by atoms with Crippen molar-refractivity contribution in [3.8, 4) is 5.75 Å². The number of methoxy groups -OCH3 is 1. The van der Waals surface area contributed by atoms with Crippen LogP contribution in [-0.2, 0) is 11.3 Å². The van der Waals surface area contributed by atoms with E-state index in [1.54, 1.807) is 7.11 Å². The molecule has 0 radical (unpaired) electrons. The van der Waals surface area contributed by atoms with Gasteiger partial charge in [0.25, 0.3) is 0 Å². The molecule has 1 aliphatic heterocycles. The Morgan fingerprint density at radius 1 is 1.22 bits per heavy atom. The van der Waals surface area contributed by atoms with Gasteiger partial charge in [-0.05, 0) is 43.4 Å². The Labute approximate surface area is 109 Å².